The number of sulfonamides is 1. The van der Waals surface area contributed by atoms with Crippen LogP contribution in [0.15, 0.2) is 49.1 Å². The SMILES string of the molecule is CCS(=O)(=O)N1CCC(Nc2cc(-c3cncc(CF)c3)cc3ccncc23)CC1. The van der Waals surface area contributed by atoms with Crippen molar-refractivity contribution in [1.29, 1.82) is 0 Å². The van der Waals surface area contributed by atoms with Crippen molar-refractivity contribution in [1.82, 2.24) is 14.3 Å². The summed E-state index contributed by atoms with van der Waals surface area (Å²) in [4.78, 5) is 8.42. The number of nitrogens with zero attached hydrogens (tertiary/aromatic N) is 3. The normalized spacial score (nSPS) is 16.1. The molecule has 0 spiro atoms. The second-order valence-electron chi connectivity index (χ2n) is 7.55. The van der Waals surface area contributed by atoms with Gasteiger partial charge in [0.05, 0.1) is 5.75 Å². The van der Waals surface area contributed by atoms with Crippen LogP contribution in [0.3, 0.4) is 0 Å². The highest BCUT2D eigenvalue weighted by molar-refractivity contribution is 7.89. The van der Waals surface area contributed by atoms with Crippen molar-refractivity contribution >= 4 is 26.5 Å². The molecule has 1 aromatic carbocycles. The molecule has 1 aliphatic rings. The average molecular weight is 429 g/mol. The average Bonchev–Trinajstić information content (AvgIpc) is 2.79. The Balaban J connectivity index is 1.62. The summed E-state index contributed by atoms with van der Waals surface area (Å²) in [6.45, 7) is 2.16. The lowest BCUT2D eigenvalue weighted by Gasteiger charge is -2.32. The minimum Gasteiger partial charge on any atom is -0.382 e. The molecule has 0 unspecified atom stereocenters. The molecule has 0 amide bonds. The van der Waals surface area contributed by atoms with Crippen LogP contribution in [-0.4, -0.2) is 47.6 Å². The molecule has 1 fully saturated rings. The first kappa shape index (κ1) is 20.7. The van der Waals surface area contributed by atoms with Crippen LogP contribution in [0, 0.1) is 0 Å². The van der Waals surface area contributed by atoms with E-state index in [0.717, 1.165) is 40.4 Å². The maximum absolute atomic E-state index is 13.1. The molecule has 0 aliphatic carbocycles. The van der Waals surface area contributed by atoms with Gasteiger partial charge in [-0.3, -0.25) is 9.97 Å². The van der Waals surface area contributed by atoms with Gasteiger partial charge in [0.1, 0.15) is 6.67 Å². The number of piperidine rings is 1. The Hall–Kier alpha value is -2.58. The largest absolute Gasteiger partial charge is 0.382 e. The Bertz CT molecular complexity index is 1140. The van der Waals surface area contributed by atoms with Crippen LogP contribution in [0.5, 0.6) is 0 Å². The Labute approximate surface area is 176 Å². The number of aromatic nitrogens is 2. The van der Waals surface area contributed by atoms with Crippen LogP contribution in [0.25, 0.3) is 21.9 Å². The van der Waals surface area contributed by atoms with Crippen LogP contribution in [0.1, 0.15) is 25.3 Å². The second-order valence-corrected chi connectivity index (χ2v) is 9.81. The van der Waals surface area contributed by atoms with Gasteiger partial charge in [-0.05, 0) is 55.0 Å². The molecule has 1 N–H and O–H groups in total. The molecule has 3 heterocycles. The van der Waals surface area contributed by atoms with Crippen LogP contribution >= 0.6 is 0 Å². The lowest BCUT2D eigenvalue weighted by molar-refractivity contribution is 0.330. The highest BCUT2D eigenvalue weighted by Gasteiger charge is 2.26. The molecule has 2 aromatic heterocycles. The van der Waals surface area contributed by atoms with Gasteiger partial charge in [-0.15, -0.1) is 0 Å². The topological polar surface area (TPSA) is 75.2 Å². The highest BCUT2D eigenvalue weighted by Crippen LogP contribution is 2.32. The number of rotatable bonds is 6. The van der Waals surface area contributed by atoms with Crippen molar-refractivity contribution in [2.75, 3.05) is 24.2 Å². The first-order valence-electron chi connectivity index (χ1n) is 10.1. The van der Waals surface area contributed by atoms with Gasteiger partial charge in [-0.1, -0.05) is 0 Å². The first-order valence-corrected chi connectivity index (χ1v) is 11.7. The summed E-state index contributed by atoms with van der Waals surface area (Å²) < 4.78 is 38.9. The zero-order valence-electron chi connectivity index (χ0n) is 16.9. The Morgan fingerprint density at radius 1 is 1.10 bits per heavy atom. The van der Waals surface area contributed by atoms with E-state index in [0.29, 0.717) is 18.7 Å². The molecular weight excluding hydrogens is 403 g/mol. The molecule has 0 atom stereocenters. The van der Waals surface area contributed by atoms with Crippen molar-refractivity contribution in [3.8, 4) is 11.1 Å². The third-order valence-electron chi connectivity index (χ3n) is 5.61. The zero-order chi connectivity index (χ0) is 21.1. The standard InChI is InChI=1S/C22H25FN4O2S/c1-2-30(28,29)27-7-4-20(5-8-27)26-22-11-18(10-17-3-6-24-15-21(17)22)19-9-16(12-23)13-25-14-19/h3,6,9-11,13-15,20,26H,2,4-5,7-8,12H2,1H3. The molecule has 1 saturated heterocycles. The molecule has 158 valence electrons. The molecule has 3 aromatic rings. The van der Waals surface area contributed by atoms with Gasteiger partial charge in [0.15, 0.2) is 0 Å². The number of anilines is 1. The van der Waals surface area contributed by atoms with Crippen molar-refractivity contribution in [3.05, 3.63) is 54.6 Å². The summed E-state index contributed by atoms with van der Waals surface area (Å²) in [7, 11) is -3.14. The van der Waals surface area contributed by atoms with Crippen LogP contribution in [-0.2, 0) is 16.7 Å². The first-order chi connectivity index (χ1) is 14.5. The van der Waals surface area contributed by atoms with Crippen molar-refractivity contribution in [2.24, 2.45) is 0 Å². The predicted molar refractivity (Wildman–Crippen MR) is 117 cm³/mol. The summed E-state index contributed by atoms with van der Waals surface area (Å²) in [5, 5.41) is 5.63. The number of pyridine rings is 2. The molecule has 0 saturated carbocycles. The maximum atomic E-state index is 13.1. The number of alkyl halides is 1. The molecule has 1 aliphatic heterocycles. The van der Waals surface area contributed by atoms with Crippen LogP contribution in [0.2, 0.25) is 0 Å². The van der Waals surface area contributed by atoms with E-state index in [1.165, 1.54) is 6.20 Å². The quantitative estimate of drug-likeness (QED) is 0.643. The van der Waals surface area contributed by atoms with Gasteiger partial charge < -0.3 is 5.32 Å². The zero-order valence-corrected chi connectivity index (χ0v) is 17.7. The summed E-state index contributed by atoms with van der Waals surface area (Å²) in [6, 6.07) is 8.03. The predicted octanol–water partition coefficient (Wildman–Crippen LogP) is 3.99. The molecule has 30 heavy (non-hydrogen) atoms. The third-order valence-corrected chi connectivity index (χ3v) is 7.49. The number of hydrogen-bond acceptors (Lipinski definition) is 5. The summed E-state index contributed by atoms with van der Waals surface area (Å²) >= 11 is 0. The van der Waals surface area contributed by atoms with E-state index in [2.05, 4.69) is 21.4 Å². The van der Waals surface area contributed by atoms with E-state index in [1.54, 1.807) is 23.6 Å². The molecule has 6 nitrogen and oxygen atoms in total. The Kier molecular flexibility index (Phi) is 5.97. The minimum absolute atomic E-state index is 0.134. The summed E-state index contributed by atoms with van der Waals surface area (Å²) in [5.41, 5.74) is 3.29. The van der Waals surface area contributed by atoms with Gasteiger partial charge in [-0.25, -0.2) is 17.1 Å². The van der Waals surface area contributed by atoms with E-state index in [-0.39, 0.29) is 11.8 Å². The fraction of sp³-hybridized carbons (Fsp3) is 0.364. The lowest BCUT2D eigenvalue weighted by atomic mass is 9.99. The number of hydrogen-bond donors (Lipinski definition) is 1. The van der Waals surface area contributed by atoms with Gasteiger partial charge >= 0.3 is 0 Å². The number of halogens is 1. The highest BCUT2D eigenvalue weighted by atomic mass is 32.2. The van der Waals surface area contributed by atoms with E-state index < -0.39 is 16.7 Å². The Morgan fingerprint density at radius 2 is 1.90 bits per heavy atom. The van der Waals surface area contributed by atoms with Crippen molar-refractivity contribution in [2.45, 2.75) is 32.5 Å². The van der Waals surface area contributed by atoms with Crippen molar-refractivity contribution in [3.63, 3.8) is 0 Å². The number of fused-ring (bicyclic) bond motifs is 1. The fourth-order valence-electron chi connectivity index (χ4n) is 3.88. The van der Waals surface area contributed by atoms with E-state index >= 15 is 0 Å². The molecule has 4 rings (SSSR count). The molecule has 0 radical (unpaired) electrons. The van der Waals surface area contributed by atoms with Crippen LogP contribution < -0.4 is 5.32 Å². The lowest BCUT2D eigenvalue weighted by Crippen LogP contribution is -2.42. The minimum atomic E-state index is -3.14. The third kappa shape index (κ3) is 4.29. The van der Waals surface area contributed by atoms with Crippen molar-refractivity contribution < 1.29 is 12.8 Å². The van der Waals surface area contributed by atoms with E-state index in [4.69, 9.17) is 0 Å². The molecule has 0 bridgehead atoms. The van der Waals surface area contributed by atoms with Crippen LogP contribution in [0.4, 0.5) is 10.1 Å². The number of benzene rings is 1. The Morgan fingerprint density at radius 3 is 2.63 bits per heavy atom. The molecular formula is C22H25FN4O2S. The monoisotopic (exact) mass is 428 g/mol. The van der Waals surface area contributed by atoms with E-state index in [9.17, 15) is 12.8 Å². The van der Waals surface area contributed by atoms with Gasteiger partial charge in [0, 0.05) is 66.1 Å². The smallest absolute Gasteiger partial charge is 0.213 e. The van der Waals surface area contributed by atoms with Gasteiger partial charge in [0.2, 0.25) is 10.0 Å². The van der Waals surface area contributed by atoms with Gasteiger partial charge in [-0.2, -0.15) is 0 Å². The fourth-order valence-corrected chi connectivity index (χ4v) is 5.02. The molecule has 8 heteroatoms. The number of nitrogens with one attached hydrogen (secondary N) is 1. The van der Waals surface area contributed by atoms with E-state index in [1.807, 2.05) is 24.4 Å². The summed E-state index contributed by atoms with van der Waals surface area (Å²) in [5.74, 6) is 0.134. The second kappa shape index (κ2) is 8.65. The summed E-state index contributed by atoms with van der Waals surface area (Å²) in [6.07, 6.45) is 8.33. The van der Waals surface area contributed by atoms with Gasteiger partial charge in [0.25, 0.3) is 0 Å². The maximum Gasteiger partial charge on any atom is 0.213 e.